The summed E-state index contributed by atoms with van der Waals surface area (Å²) >= 11 is 0. The van der Waals surface area contributed by atoms with E-state index in [-0.39, 0.29) is 18.4 Å². The molecule has 0 bridgehead atoms. The Morgan fingerprint density at radius 2 is 1.79 bits per heavy atom. The lowest BCUT2D eigenvalue weighted by Crippen LogP contribution is -2.14. The third-order valence-electron chi connectivity index (χ3n) is 4.86. The number of carbonyl (C=O) groups is 2. The SMILES string of the molecule is COc1cc(C(=O)Nc2ccc(CCC(=O)O)cc2)ccc1OC1CCCC1. The van der Waals surface area contributed by atoms with Crippen LogP contribution in [0.25, 0.3) is 0 Å². The van der Waals surface area contributed by atoms with Crippen LogP contribution in [0.15, 0.2) is 42.5 Å². The summed E-state index contributed by atoms with van der Waals surface area (Å²) in [6.45, 7) is 0. The van der Waals surface area contributed by atoms with Crippen molar-refractivity contribution in [3.8, 4) is 11.5 Å². The van der Waals surface area contributed by atoms with E-state index in [9.17, 15) is 9.59 Å². The highest BCUT2D eigenvalue weighted by molar-refractivity contribution is 6.04. The highest BCUT2D eigenvalue weighted by Gasteiger charge is 2.19. The summed E-state index contributed by atoms with van der Waals surface area (Å²) in [6.07, 6.45) is 5.23. The minimum absolute atomic E-state index is 0.0841. The molecule has 2 N–H and O–H groups in total. The Morgan fingerprint density at radius 1 is 1.07 bits per heavy atom. The van der Waals surface area contributed by atoms with E-state index in [1.807, 2.05) is 12.1 Å². The van der Waals surface area contributed by atoms with Crippen LogP contribution in [0.1, 0.15) is 48.0 Å². The van der Waals surface area contributed by atoms with E-state index in [4.69, 9.17) is 14.6 Å². The zero-order chi connectivity index (χ0) is 19.9. The van der Waals surface area contributed by atoms with Crippen LogP contribution in [0.4, 0.5) is 5.69 Å². The fourth-order valence-corrected chi connectivity index (χ4v) is 3.30. The molecule has 1 amide bonds. The molecule has 0 heterocycles. The van der Waals surface area contributed by atoms with Crippen LogP contribution in [0.3, 0.4) is 0 Å². The van der Waals surface area contributed by atoms with E-state index in [1.54, 1.807) is 37.4 Å². The Kier molecular flexibility index (Phi) is 6.53. The fraction of sp³-hybridized carbons (Fsp3) is 0.364. The molecule has 6 heteroatoms. The van der Waals surface area contributed by atoms with Crippen LogP contribution in [0.5, 0.6) is 11.5 Å². The Morgan fingerprint density at radius 3 is 2.43 bits per heavy atom. The minimum Gasteiger partial charge on any atom is -0.493 e. The number of anilines is 1. The lowest BCUT2D eigenvalue weighted by molar-refractivity contribution is -0.136. The van der Waals surface area contributed by atoms with E-state index in [0.29, 0.717) is 29.2 Å². The molecule has 1 saturated carbocycles. The summed E-state index contributed by atoms with van der Waals surface area (Å²) in [5.41, 5.74) is 2.04. The van der Waals surface area contributed by atoms with Crippen LogP contribution in [-0.2, 0) is 11.2 Å². The lowest BCUT2D eigenvalue weighted by Gasteiger charge is -2.16. The molecule has 28 heavy (non-hydrogen) atoms. The Bertz CT molecular complexity index is 825. The Labute approximate surface area is 164 Å². The zero-order valence-corrected chi connectivity index (χ0v) is 15.9. The summed E-state index contributed by atoms with van der Waals surface area (Å²) in [6, 6.07) is 12.4. The average molecular weight is 383 g/mol. The highest BCUT2D eigenvalue weighted by Crippen LogP contribution is 2.32. The van der Waals surface area contributed by atoms with E-state index in [2.05, 4.69) is 5.32 Å². The van der Waals surface area contributed by atoms with Crippen molar-refractivity contribution in [1.82, 2.24) is 0 Å². The van der Waals surface area contributed by atoms with Gasteiger partial charge in [0, 0.05) is 17.7 Å². The topological polar surface area (TPSA) is 84.9 Å². The molecule has 1 aliphatic rings. The first-order chi connectivity index (χ1) is 13.5. The molecule has 148 valence electrons. The molecular weight excluding hydrogens is 358 g/mol. The van der Waals surface area contributed by atoms with Crippen molar-refractivity contribution in [3.05, 3.63) is 53.6 Å². The van der Waals surface area contributed by atoms with Gasteiger partial charge in [0.2, 0.25) is 0 Å². The van der Waals surface area contributed by atoms with Crippen LogP contribution in [0.2, 0.25) is 0 Å². The summed E-state index contributed by atoms with van der Waals surface area (Å²) in [5, 5.41) is 11.6. The van der Waals surface area contributed by atoms with Gasteiger partial charge in [-0.3, -0.25) is 9.59 Å². The van der Waals surface area contributed by atoms with Crippen molar-refractivity contribution in [2.45, 2.75) is 44.6 Å². The van der Waals surface area contributed by atoms with Gasteiger partial charge in [0.1, 0.15) is 0 Å². The highest BCUT2D eigenvalue weighted by atomic mass is 16.5. The van der Waals surface area contributed by atoms with Crippen molar-refractivity contribution >= 4 is 17.6 Å². The monoisotopic (exact) mass is 383 g/mol. The molecule has 3 rings (SSSR count). The van der Waals surface area contributed by atoms with Gasteiger partial charge in [0.15, 0.2) is 11.5 Å². The number of methoxy groups -OCH3 is 1. The predicted octanol–water partition coefficient (Wildman–Crippen LogP) is 4.29. The number of amides is 1. The fourth-order valence-electron chi connectivity index (χ4n) is 3.30. The van der Waals surface area contributed by atoms with Crippen LogP contribution in [0, 0.1) is 0 Å². The normalized spacial score (nSPS) is 13.9. The van der Waals surface area contributed by atoms with E-state index >= 15 is 0 Å². The number of nitrogens with one attached hydrogen (secondary N) is 1. The molecule has 0 unspecified atom stereocenters. The maximum Gasteiger partial charge on any atom is 0.303 e. The van der Waals surface area contributed by atoms with E-state index < -0.39 is 5.97 Å². The van der Waals surface area contributed by atoms with Gasteiger partial charge in [-0.15, -0.1) is 0 Å². The molecule has 2 aromatic carbocycles. The maximum absolute atomic E-state index is 12.6. The number of carbonyl (C=O) groups excluding carboxylic acids is 1. The molecular formula is C22H25NO5. The van der Waals surface area contributed by atoms with Gasteiger partial charge in [-0.2, -0.15) is 0 Å². The van der Waals surface area contributed by atoms with Crippen molar-refractivity contribution in [3.63, 3.8) is 0 Å². The number of carboxylic acids is 1. The molecule has 0 atom stereocenters. The molecule has 6 nitrogen and oxygen atoms in total. The first-order valence-corrected chi connectivity index (χ1v) is 9.52. The number of hydrogen-bond acceptors (Lipinski definition) is 4. The standard InChI is InChI=1S/C22H25NO5/c1-27-20-14-16(9-12-19(20)28-18-4-2-3-5-18)22(26)23-17-10-6-15(7-11-17)8-13-21(24)25/h6-7,9-12,14,18H,2-5,8,13H2,1H3,(H,23,26)(H,24,25). The second kappa shape index (κ2) is 9.26. The van der Waals surface area contributed by atoms with Crippen molar-refractivity contribution in [1.29, 1.82) is 0 Å². The maximum atomic E-state index is 12.6. The second-order valence-electron chi connectivity index (χ2n) is 6.93. The predicted molar refractivity (Wildman–Crippen MR) is 106 cm³/mol. The van der Waals surface area contributed by atoms with Gasteiger partial charge in [0.25, 0.3) is 5.91 Å². The largest absolute Gasteiger partial charge is 0.493 e. The van der Waals surface area contributed by atoms with Gasteiger partial charge < -0.3 is 19.9 Å². The van der Waals surface area contributed by atoms with Crippen LogP contribution in [-0.4, -0.2) is 30.2 Å². The summed E-state index contributed by atoms with van der Waals surface area (Å²) < 4.78 is 11.4. The molecule has 0 saturated heterocycles. The van der Waals surface area contributed by atoms with E-state index in [1.165, 1.54) is 12.8 Å². The van der Waals surface area contributed by atoms with E-state index in [0.717, 1.165) is 18.4 Å². The molecule has 1 aliphatic carbocycles. The van der Waals surface area contributed by atoms with Crippen molar-refractivity contribution in [2.24, 2.45) is 0 Å². The minimum atomic E-state index is -0.827. The molecule has 0 aromatic heterocycles. The lowest BCUT2D eigenvalue weighted by atomic mass is 10.1. The third-order valence-corrected chi connectivity index (χ3v) is 4.86. The average Bonchev–Trinajstić information content (AvgIpc) is 3.20. The first kappa shape index (κ1) is 19.7. The van der Waals surface area contributed by atoms with Gasteiger partial charge >= 0.3 is 5.97 Å². The quantitative estimate of drug-likeness (QED) is 0.710. The van der Waals surface area contributed by atoms with Crippen LogP contribution < -0.4 is 14.8 Å². The van der Waals surface area contributed by atoms with Gasteiger partial charge in [0.05, 0.1) is 13.2 Å². The number of hydrogen-bond donors (Lipinski definition) is 2. The van der Waals surface area contributed by atoms with Crippen molar-refractivity contribution < 1.29 is 24.2 Å². The Balaban J connectivity index is 1.64. The summed E-state index contributed by atoms with van der Waals surface area (Å²) in [4.78, 5) is 23.2. The molecule has 0 radical (unpaired) electrons. The van der Waals surface area contributed by atoms with Crippen LogP contribution >= 0.6 is 0 Å². The zero-order valence-electron chi connectivity index (χ0n) is 15.9. The number of aryl methyl sites for hydroxylation is 1. The van der Waals surface area contributed by atoms with Crippen molar-refractivity contribution in [2.75, 3.05) is 12.4 Å². The third kappa shape index (κ3) is 5.25. The number of benzene rings is 2. The first-order valence-electron chi connectivity index (χ1n) is 9.52. The molecule has 0 spiro atoms. The van der Waals surface area contributed by atoms with Gasteiger partial charge in [-0.05, 0) is 68.0 Å². The number of aliphatic carboxylic acids is 1. The number of rotatable bonds is 8. The van der Waals surface area contributed by atoms with Gasteiger partial charge in [-0.25, -0.2) is 0 Å². The second-order valence-corrected chi connectivity index (χ2v) is 6.93. The Hall–Kier alpha value is -3.02. The molecule has 0 aliphatic heterocycles. The smallest absolute Gasteiger partial charge is 0.303 e. The number of ether oxygens (including phenoxy) is 2. The summed E-state index contributed by atoms with van der Waals surface area (Å²) in [5.74, 6) is 0.132. The van der Waals surface area contributed by atoms with Gasteiger partial charge in [-0.1, -0.05) is 12.1 Å². The number of carboxylic acid groups (broad SMARTS) is 1. The summed E-state index contributed by atoms with van der Waals surface area (Å²) in [7, 11) is 1.56. The molecule has 1 fully saturated rings. The molecule has 2 aromatic rings.